The fourth-order valence-electron chi connectivity index (χ4n) is 1.98. The Balaban J connectivity index is 2.17. The molecule has 19 heavy (non-hydrogen) atoms. The molecule has 0 saturated heterocycles. The van der Waals surface area contributed by atoms with Gasteiger partial charge in [-0.1, -0.05) is 42.5 Å². The highest BCUT2D eigenvalue weighted by Gasteiger charge is 2.38. The molecule has 2 rings (SSSR count). The van der Waals surface area contributed by atoms with Crippen molar-refractivity contribution in [3.8, 4) is 0 Å². The van der Waals surface area contributed by atoms with Crippen molar-refractivity contribution in [1.82, 2.24) is 0 Å². The van der Waals surface area contributed by atoms with Crippen LogP contribution in [0.25, 0.3) is 0 Å². The van der Waals surface area contributed by atoms with Crippen LogP contribution in [-0.4, -0.2) is 12.0 Å². The molecule has 5 heteroatoms. The lowest BCUT2D eigenvalue weighted by Gasteiger charge is -2.28. The zero-order valence-electron chi connectivity index (χ0n) is 10.1. The van der Waals surface area contributed by atoms with Crippen molar-refractivity contribution in [2.45, 2.75) is 24.8 Å². The van der Waals surface area contributed by atoms with Crippen LogP contribution >= 0.6 is 0 Å². The maximum atomic E-state index is 13.6. The summed E-state index contributed by atoms with van der Waals surface area (Å²) in [5.41, 5.74) is -1.12. The van der Waals surface area contributed by atoms with Crippen LogP contribution in [0.5, 0.6) is 0 Å². The summed E-state index contributed by atoms with van der Waals surface area (Å²) in [7, 11) is 0. The van der Waals surface area contributed by atoms with Gasteiger partial charge in [0.05, 0.1) is 0 Å². The van der Waals surface area contributed by atoms with Gasteiger partial charge in [0.15, 0.2) is 0 Å². The Bertz CT molecular complexity index is 502. The third kappa shape index (κ3) is 3.44. The topological polar surface area (TPSA) is 9.23 Å². The summed E-state index contributed by atoms with van der Waals surface area (Å²) in [6, 6.07) is 6.16. The highest BCUT2D eigenvalue weighted by molar-refractivity contribution is 5.35. The second-order valence-corrected chi connectivity index (χ2v) is 4.50. The maximum absolute atomic E-state index is 13.6. The predicted molar refractivity (Wildman–Crippen MR) is 63.0 cm³/mol. The third-order valence-electron chi connectivity index (χ3n) is 2.87. The standard InChI is InChI=1S/C14H12F4O/c1-13(19-14(16,17)18)8-6-10(7-9-13)11-4-2-3-5-12(11)15/h2-10H,1H3. The normalized spacial score (nSPS) is 26.7. The highest BCUT2D eigenvalue weighted by Crippen LogP contribution is 2.33. The molecule has 0 aliphatic heterocycles. The lowest BCUT2D eigenvalue weighted by atomic mass is 9.89. The van der Waals surface area contributed by atoms with Gasteiger partial charge in [-0.05, 0) is 18.6 Å². The van der Waals surface area contributed by atoms with E-state index in [2.05, 4.69) is 4.74 Å². The van der Waals surface area contributed by atoms with Crippen molar-refractivity contribution in [2.24, 2.45) is 0 Å². The minimum Gasteiger partial charge on any atom is -0.277 e. The van der Waals surface area contributed by atoms with Crippen molar-refractivity contribution in [3.63, 3.8) is 0 Å². The summed E-state index contributed by atoms with van der Waals surface area (Å²) in [6.45, 7) is 1.30. The van der Waals surface area contributed by atoms with Gasteiger partial charge in [-0.25, -0.2) is 4.39 Å². The summed E-state index contributed by atoms with van der Waals surface area (Å²) in [6.07, 6.45) is 0.873. The van der Waals surface area contributed by atoms with Crippen LogP contribution in [-0.2, 0) is 4.74 Å². The highest BCUT2D eigenvalue weighted by atomic mass is 19.4. The molecule has 1 nitrogen and oxygen atoms in total. The number of halogens is 4. The van der Waals surface area contributed by atoms with Crippen LogP contribution in [0.2, 0.25) is 0 Å². The van der Waals surface area contributed by atoms with Crippen molar-refractivity contribution >= 4 is 0 Å². The van der Waals surface area contributed by atoms with E-state index in [9.17, 15) is 17.6 Å². The molecule has 1 aromatic rings. The SMILES string of the molecule is CC1(OC(F)(F)F)C=CC(c2ccccc2F)C=C1. The van der Waals surface area contributed by atoms with E-state index in [1.165, 1.54) is 37.3 Å². The van der Waals surface area contributed by atoms with E-state index in [-0.39, 0.29) is 11.7 Å². The molecule has 0 bridgehead atoms. The summed E-state index contributed by atoms with van der Waals surface area (Å²) in [5, 5.41) is 0. The van der Waals surface area contributed by atoms with Crippen LogP contribution in [0.1, 0.15) is 18.4 Å². The van der Waals surface area contributed by atoms with Crippen molar-refractivity contribution in [2.75, 3.05) is 0 Å². The summed E-state index contributed by atoms with van der Waals surface area (Å²) >= 11 is 0. The van der Waals surface area contributed by atoms with Crippen molar-refractivity contribution in [1.29, 1.82) is 0 Å². The number of benzene rings is 1. The van der Waals surface area contributed by atoms with E-state index >= 15 is 0 Å². The molecule has 1 aliphatic carbocycles. The van der Waals surface area contributed by atoms with Gasteiger partial charge < -0.3 is 0 Å². The minimum absolute atomic E-state index is 0.383. The second-order valence-electron chi connectivity index (χ2n) is 4.50. The van der Waals surface area contributed by atoms with E-state index in [4.69, 9.17) is 0 Å². The Morgan fingerprint density at radius 1 is 1.11 bits per heavy atom. The van der Waals surface area contributed by atoms with Crippen molar-refractivity contribution < 1.29 is 22.3 Å². The molecule has 1 aliphatic rings. The first-order chi connectivity index (χ1) is 8.79. The molecule has 0 N–H and O–H groups in total. The van der Waals surface area contributed by atoms with Gasteiger partial charge in [0.25, 0.3) is 0 Å². The van der Waals surface area contributed by atoms with E-state index < -0.39 is 12.0 Å². The number of allylic oxidation sites excluding steroid dienone is 2. The molecule has 0 aromatic heterocycles. The number of alkyl halides is 3. The molecule has 0 fully saturated rings. The first kappa shape index (κ1) is 13.8. The molecular weight excluding hydrogens is 260 g/mol. The van der Waals surface area contributed by atoms with Gasteiger partial charge in [0.2, 0.25) is 0 Å². The van der Waals surface area contributed by atoms with Crippen LogP contribution < -0.4 is 0 Å². The predicted octanol–water partition coefficient (Wildman–Crippen LogP) is 4.33. The van der Waals surface area contributed by atoms with Gasteiger partial charge in [0.1, 0.15) is 11.4 Å². The first-order valence-corrected chi connectivity index (χ1v) is 5.69. The Morgan fingerprint density at radius 2 is 1.68 bits per heavy atom. The average Bonchev–Trinajstić information content (AvgIpc) is 2.28. The van der Waals surface area contributed by atoms with Crippen molar-refractivity contribution in [3.05, 3.63) is 60.0 Å². The molecule has 1 aromatic carbocycles. The molecule has 0 atom stereocenters. The maximum Gasteiger partial charge on any atom is 0.523 e. The van der Waals surface area contributed by atoms with Gasteiger partial charge >= 0.3 is 6.36 Å². The Labute approximate surface area is 108 Å². The summed E-state index contributed by atoms with van der Waals surface area (Å²) in [5.74, 6) is -0.770. The Morgan fingerprint density at radius 3 is 2.21 bits per heavy atom. The zero-order chi connectivity index (χ0) is 14.1. The molecule has 0 heterocycles. The largest absolute Gasteiger partial charge is 0.523 e. The Kier molecular flexibility index (Phi) is 3.49. The molecule has 0 saturated carbocycles. The van der Waals surface area contributed by atoms with E-state index in [0.717, 1.165) is 0 Å². The quantitative estimate of drug-likeness (QED) is 0.575. The molecule has 102 valence electrons. The smallest absolute Gasteiger partial charge is 0.277 e. The fraction of sp³-hybridized carbons (Fsp3) is 0.286. The minimum atomic E-state index is -4.71. The zero-order valence-corrected chi connectivity index (χ0v) is 10.1. The lowest BCUT2D eigenvalue weighted by Crippen LogP contribution is -2.33. The molecule has 0 radical (unpaired) electrons. The van der Waals surface area contributed by atoms with Crippen LogP contribution in [0.4, 0.5) is 17.6 Å². The molecule has 0 amide bonds. The van der Waals surface area contributed by atoms with Gasteiger partial charge in [0, 0.05) is 5.92 Å². The third-order valence-corrected chi connectivity index (χ3v) is 2.87. The molecular formula is C14H12F4O. The van der Waals surface area contributed by atoms with E-state index in [1.54, 1.807) is 18.2 Å². The number of hydrogen-bond donors (Lipinski definition) is 0. The second kappa shape index (κ2) is 4.81. The average molecular weight is 272 g/mol. The van der Waals surface area contributed by atoms with E-state index in [1.807, 2.05) is 0 Å². The summed E-state index contributed by atoms with van der Waals surface area (Å²) < 4.78 is 54.2. The van der Waals surface area contributed by atoms with Crippen LogP contribution in [0.3, 0.4) is 0 Å². The summed E-state index contributed by atoms with van der Waals surface area (Å²) in [4.78, 5) is 0. The van der Waals surface area contributed by atoms with Gasteiger partial charge in [-0.3, -0.25) is 4.74 Å². The number of rotatable bonds is 2. The van der Waals surface area contributed by atoms with Crippen LogP contribution in [0.15, 0.2) is 48.6 Å². The first-order valence-electron chi connectivity index (χ1n) is 5.69. The molecule has 0 unspecified atom stereocenters. The number of hydrogen-bond acceptors (Lipinski definition) is 1. The molecule has 0 spiro atoms. The van der Waals surface area contributed by atoms with E-state index in [0.29, 0.717) is 5.56 Å². The monoisotopic (exact) mass is 272 g/mol. The Hall–Kier alpha value is -1.62. The van der Waals surface area contributed by atoms with Crippen LogP contribution in [0, 0.1) is 5.82 Å². The van der Waals surface area contributed by atoms with Gasteiger partial charge in [-0.2, -0.15) is 0 Å². The van der Waals surface area contributed by atoms with Gasteiger partial charge in [-0.15, -0.1) is 13.2 Å². The lowest BCUT2D eigenvalue weighted by molar-refractivity contribution is -0.348. The number of ether oxygens (including phenoxy) is 1. The fourth-order valence-corrected chi connectivity index (χ4v) is 1.98.